The van der Waals surface area contributed by atoms with Gasteiger partial charge in [-0.2, -0.15) is 0 Å². The van der Waals surface area contributed by atoms with Crippen molar-refractivity contribution in [3.63, 3.8) is 0 Å². The van der Waals surface area contributed by atoms with Crippen molar-refractivity contribution in [2.24, 2.45) is 11.8 Å². The molecular weight excluding hydrogens is 268 g/mol. The third-order valence-electron chi connectivity index (χ3n) is 5.88. The molecule has 22 heavy (non-hydrogen) atoms. The smallest absolute Gasteiger partial charge is 0.120 e. The molecule has 1 aromatic rings. The van der Waals surface area contributed by atoms with E-state index in [2.05, 4.69) is 37.8 Å². The van der Waals surface area contributed by atoms with Crippen molar-refractivity contribution >= 4 is 6.08 Å². The summed E-state index contributed by atoms with van der Waals surface area (Å²) in [6.45, 7) is 6.10. The van der Waals surface area contributed by atoms with Crippen LogP contribution >= 0.6 is 0 Å². The molecule has 0 bridgehead atoms. The molecule has 1 aromatic carbocycles. The molecule has 0 unspecified atom stereocenters. The molecule has 0 saturated heterocycles. The van der Waals surface area contributed by atoms with Gasteiger partial charge in [0, 0.05) is 0 Å². The first kappa shape index (κ1) is 15.6. The van der Waals surface area contributed by atoms with Crippen LogP contribution in [0.4, 0.5) is 0 Å². The minimum Gasteiger partial charge on any atom is -0.488 e. The average molecular weight is 298 g/mol. The fourth-order valence-corrected chi connectivity index (χ4v) is 4.39. The Morgan fingerprint density at radius 2 is 1.55 bits per heavy atom. The molecular formula is C21H30O. The Kier molecular flexibility index (Phi) is 4.90. The second kappa shape index (κ2) is 6.89. The quantitative estimate of drug-likeness (QED) is 0.639. The minimum absolute atomic E-state index is 0.0286. The van der Waals surface area contributed by atoms with E-state index in [1.807, 2.05) is 6.08 Å². The fraction of sp³-hybridized carbons (Fsp3) is 0.619. The first-order valence-corrected chi connectivity index (χ1v) is 9.10. The Bertz CT molecular complexity index is 473. The second-order valence-electron chi connectivity index (χ2n) is 7.56. The van der Waals surface area contributed by atoms with Crippen LogP contribution in [-0.4, -0.2) is 5.60 Å². The van der Waals surface area contributed by atoms with E-state index in [9.17, 15) is 0 Å². The number of hydrogen-bond acceptors (Lipinski definition) is 1. The van der Waals surface area contributed by atoms with Gasteiger partial charge in [-0.3, -0.25) is 0 Å². The van der Waals surface area contributed by atoms with Crippen LogP contribution in [0.1, 0.15) is 70.3 Å². The average Bonchev–Trinajstić information content (AvgIpc) is 2.57. The summed E-state index contributed by atoms with van der Waals surface area (Å²) in [6.07, 6.45) is 14.3. The van der Waals surface area contributed by atoms with Crippen LogP contribution < -0.4 is 4.74 Å². The van der Waals surface area contributed by atoms with E-state index >= 15 is 0 Å². The molecule has 0 atom stereocenters. The maximum absolute atomic E-state index is 6.34. The maximum atomic E-state index is 6.34. The Labute approximate surface area is 135 Å². The SMILES string of the molecule is C=Cc1ccc(OC2(C)CCC(C3CCCCC3)CC2)cc1. The predicted octanol–water partition coefficient (Wildman–Crippen LogP) is 6.24. The molecule has 2 fully saturated rings. The largest absolute Gasteiger partial charge is 0.488 e. The van der Waals surface area contributed by atoms with Crippen molar-refractivity contribution in [3.05, 3.63) is 36.4 Å². The van der Waals surface area contributed by atoms with E-state index in [0.717, 1.165) is 23.1 Å². The first-order chi connectivity index (χ1) is 10.7. The highest BCUT2D eigenvalue weighted by atomic mass is 16.5. The Morgan fingerprint density at radius 1 is 0.955 bits per heavy atom. The first-order valence-electron chi connectivity index (χ1n) is 9.10. The Hall–Kier alpha value is -1.24. The normalized spacial score (nSPS) is 30.0. The van der Waals surface area contributed by atoms with Gasteiger partial charge in [0.15, 0.2) is 0 Å². The Balaban J connectivity index is 1.55. The summed E-state index contributed by atoms with van der Waals surface area (Å²) in [5, 5.41) is 0. The molecule has 0 aromatic heterocycles. The third-order valence-corrected chi connectivity index (χ3v) is 5.88. The number of benzene rings is 1. The Morgan fingerprint density at radius 3 is 2.14 bits per heavy atom. The minimum atomic E-state index is 0.0286. The molecule has 1 nitrogen and oxygen atoms in total. The lowest BCUT2D eigenvalue weighted by Gasteiger charge is -2.41. The van der Waals surface area contributed by atoms with Crippen molar-refractivity contribution in [2.45, 2.75) is 70.3 Å². The van der Waals surface area contributed by atoms with Gasteiger partial charge in [0.05, 0.1) is 0 Å². The predicted molar refractivity (Wildman–Crippen MR) is 94.1 cm³/mol. The van der Waals surface area contributed by atoms with Crippen LogP contribution in [0.5, 0.6) is 5.75 Å². The number of rotatable bonds is 4. The molecule has 2 aliphatic rings. The molecule has 0 spiro atoms. The van der Waals surface area contributed by atoms with Crippen LogP contribution in [0.3, 0.4) is 0 Å². The molecule has 0 amide bonds. The molecule has 120 valence electrons. The summed E-state index contributed by atoms with van der Waals surface area (Å²) in [5.74, 6) is 2.97. The lowest BCUT2D eigenvalue weighted by molar-refractivity contribution is 0.0178. The van der Waals surface area contributed by atoms with E-state index in [1.165, 1.54) is 57.8 Å². The molecule has 0 N–H and O–H groups in total. The summed E-state index contributed by atoms with van der Waals surface area (Å²) < 4.78 is 6.34. The van der Waals surface area contributed by atoms with Gasteiger partial charge in [0.25, 0.3) is 0 Å². The van der Waals surface area contributed by atoms with Gasteiger partial charge in [-0.05, 0) is 62.1 Å². The standard InChI is InChI=1S/C21H30O/c1-3-17-9-11-20(12-10-17)22-21(2)15-13-19(14-16-21)18-7-5-4-6-8-18/h3,9-12,18-19H,1,4-8,13-16H2,2H3. The van der Waals surface area contributed by atoms with Gasteiger partial charge in [-0.1, -0.05) is 56.9 Å². The zero-order chi connectivity index (χ0) is 15.4. The zero-order valence-electron chi connectivity index (χ0n) is 14.0. The third kappa shape index (κ3) is 3.74. The van der Waals surface area contributed by atoms with Crippen molar-refractivity contribution in [3.8, 4) is 5.75 Å². The number of ether oxygens (including phenoxy) is 1. The molecule has 0 radical (unpaired) electrons. The van der Waals surface area contributed by atoms with E-state index in [-0.39, 0.29) is 5.60 Å². The molecule has 1 heteroatoms. The highest BCUT2D eigenvalue weighted by Crippen LogP contribution is 2.42. The lowest BCUT2D eigenvalue weighted by atomic mass is 9.70. The summed E-state index contributed by atoms with van der Waals surface area (Å²) >= 11 is 0. The summed E-state index contributed by atoms with van der Waals surface area (Å²) in [5.41, 5.74) is 1.18. The van der Waals surface area contributed by atoms with Crippen LogP contribution in [0.2, 0.25) is 0 Å². The van der Waals surface area contributed by atoms with Gasteiger partial charge in [-0.15, -0.1) is 0 Å². The molecule has 3 rings (SSSR count). The highest BCUT2D eigenvalue weighted by molar-refractivity contribution is 5.48. The summed E-state index contributed by atoms with van der Waals surface area (Å²) in [7, 11) is 0. The number of hydrogen-bond donors (Lipinski definition) is 0. The highest BCUT2D eigenvalue weighted by Gasteiger charge is 2.36. The lowest BCUT2D eigenvalue weighted by Crippen LogP contribution is -2.38. The van der Waals surface area contributed by atoms with Crippen molar-refractivity contribution < 1.29 is 4.74 Å². The van der Waals surface area contributed by atoms with Crippen LogP contribution in [-0.2, 0) is 0 Å². The van der Waals surface area contributed by atoms with Crippen molar-refractivity contribution in [1.82, 2.24) is 0 Å². The van der Waals surface area contributed by atoms with E-state index in [0.29, 0.717) is 0 Å². The van der Waals surface area contributed by atoms with Gasteiger partial charge in [0.2, 0.25) is 0 Å². The maximum Gasteiger partial charge on any atom is 0.120 e. The fourth-order valence-electron chi connectivity index (χ4n) is 4.39. The van der Waals surface area contributed by atoms with E-state index in [1.54, 1.807) is 0 Å². The van der Waals surface area contributed by atoms with Gasteiger partial charge in [0.1, 0.15) is 11.4 Å². The molecule has 0 heterocycles. The van der Waals surface area contributed by atoms with Crippen LogP contribution in [0, 0.1) is 11.8 Å². The second-order valence-corrected chi connectivity index (χ2v) is 7.56. The monoisotopic (exact) mass is 298 g/mol. The van der Waals surface area contributed by atoms with Gasteiger partial charge >= 0.3 is 0 Å². The van der Waals surface area contributed by atoms with Crippen molar-refractivity contribution in [1.29, 1.82) is 0 Å². The summed E-state index contributed by atoms with van der Waals surface area (Å²) in [4.78, 5) is 0. The molecule has 2 saturated carbocycles. The van der Waals surface area contributed by atoms with Crippen LogP contribution in [0.15, 0.2) is 30.8 Å². The zero-order valence-corrected chi connectivity index (χ0v) is 14.0. The summed E-state index contributed by atoms with van der Waals surface area (Å²) in [6, 6.07) is 8.32. The van der Waals surface area contributed by atoms with E-state index < -0.39 is 0 Å². The van der Waals surface area contributed by atoms with E-state index in [4.69, 9.17) is 4.74 Å². The van der Waals surface area contributed by atoms with Gasteiger partial charge < -0.3 is 4.74 Å². The van der Waals surface area contributed by atoms with Crippen molar-refractivity contribution in [2.75, 3.05) is 0 Å². The molecule has 0 aliphatic heterocycles. The van der Waals surface area contributed by atoms with Gasteiger partial charge in [-0.25, -0.2) is 0 Å². The molecule has 2 aliphatic carbocycles. The van der Waals surface area contributed by atoms with Crippen LogP contribution in [0.25, 0.3) is 6.08 Å². The topological polar surface area (TPSA) is 9.23 Å².